The Morgan fingerprint density at radius 3 is 2.83 bits per heavy atom. The SMILES string of the molecule is NC[C@H]1O[C@@H](n2cnc3c(=O)[nH]c(N)nc32)C(O)C1OP(=O)(O)O. The Labute approximate surface area is 133 Å². The van der Waals surface area contributed by atoms with Gasteiger partial charge >= 0.3 is 7.82 Å². The second kappa shape index (κ2) is 5.89. The highest BCUT2D eigenvalue weighted by atomic mass is 31.2. The van der Waals surface area contributed by atoms with E-state index in [1.165, 1.54) is 10.9 Å². The Balaban J connectivity index is 2.01. The summed E-state index contributed by atoms with van der Waals surface area (Å²) in [5.74, 6) is -0.167. The maximum absolute atomic E-state index is 11.8. The van der Waals surface area contributed by atoms with Crippen molar-refractivity contribution in [2.45, 2.75) is 24.5 Å². The van der Waals surface area contributed by atoms with Crippen LogP contribution in [0.5, 0.6) is 0 Å². The number of rotatable bonds is 4. The Hall–Kier alpha value is -1.86. The minimum atomic E-state index is -4.88. The number of hydrogen-bond acceptors (Lipinski definition) is 9. The van der Waals surface area contributed by atoms with Gasteiger partial charge in [-0.25, -0.2) is 9.55 Å². The number of imidazole rings is 1. The molecule has 0 aromatic carbocycles. The number of nitrogen functional groups attached to an aromatic ring is 1. The zero-order chi connectivity index (χ0) is 17.6. The molecule has 24 heavy (non-hydrogen) atoms. The van der Waals surface area contributed by atoms with Gasteiger partial charge in [-0.2, -0.15) is 4.98 Å². The third-order valence-electron chi connectivity index (χ3n) is 3.53. The van der Waals surface area contributed by atoms with Crippen LogP contribution in [-0.2, 0) is 13.8 Å². The first-order valence-electron chi connectivity index (χ1n) is 6.71. The van der Waals surface area contributed by atoms with Gasteiger partial charge in [-0.1, -0.05) is 0 Å². The zero-order valence-corrected chi connectivity index (χ0v) is 12.9. The van der Waals surface area contributed by atoms with E-state index >= 15 is 0 Å². The van der Waals surface area contributed by atoms with Gasteiger partial charge in [-0.05, 0) is 0 Å². The van der Waals surface area contributed by atoms with Crippen LogP contribution in [0.4, 0.5) is 5.95 Å². The van der Waals surface area contributed by atoms with E-state index in [2.05, 4.69) is 19.5 Å². The van der Waals surface area contributed by atoms with Crippen molar-refractivity contribution in [3.05, 3.63) is 16.7 Å². The fourth-order valence-corrected chi connectivity index (χ4v) is 3.13. The number of nitrogens with one attached hydrogen (secondary N) is 1. The molecule has 2 unspecified atom stereocenters. The molecule has 8 N–H and O–H groups in total. The third-order valence-corrected chi connectivity index (χ3v) is 4.04. The number of nitrogens with two attached hydrogens (primary N) is 2. The normalized spacial score (nSPS) is 27.8. The number of ether oxygens (including phenoxy) is 1. The van der Waals surface area contributed by atoms with Crippen LogP contribution in [0.25, 0.3) is 11.2 Å². The van der Waals surface area contributed by atoms with Crippen molar-refractivity contribution in [1.82, 2.24) is 19.5 Å². The molecule has 4 atom stereocenters. The summed E-state index contributed by atoms with van der Waals surface area (Å²) in [6.45, 7) is -0.166. The van der Waals surface area contributed by atoms with Gasteiger partial charge in [0, 0.05) is 6.54 Å². The zero-order valence-electron chi connectivity index (χ0n) is 12.0. The lowest BCUT2D eigenvalue weighted by Gasteiger charge is -2.20. The number of fused-ring (bicyclic) bond motifs is 1. The number of aliphatic hydroxyl groups excluding tert-OH is 1. The molecular weight excluding hydrogens is 347 g/mol. The molecule has 0 amide bonds. The molecule has 1 aliphatic rings. The van der Waals surface area contributed by atoms with Crippen molar-refractivity contribution < 1.29 is 28.7 Å². The molecule has 1 fully saturated rings. The second-order valence-electron chi connectivity index (χ2n) is 5.13. The monoisotopic (exact) mass is 362 g/mol. The van der Waals surface area contributed by atoms with E-state index in [0.717, 1.165) is 0 Å². The lowest BCUT2D eigenvalue weighted by atomic mass is 10.1. The highest BCUT2D eigenvalue weighted by Crippen LogP contribution is 2.43. The molecule has 3 rings (SSSR count). The summed E-state index contributed by atoms with van der Waals surface area (Å²) in [7, 11) is -4.88. The van der Waals surface area contributed by atoms with E-state index in [1.54, 1.807) is 0 Å². The molecule has 0 radical (unpaired) electrons. The number of phosphoric ester groups is 1. The van der Waals surface area contributed by atoms with Crippen LogP contribution in [-0.4, -0.2) is 59.3 Å². The minimum Gasteiger partial charge on any atom is -0.386 e. The summed E-state index contributed by atoms with van der Waals surface area (Å²) < 4.78 is 22.3. The predicted molar refractivity (Wildman–Crippen MR) is 78.4 cm³/mol. The van der Waals surface area contributed by atoms with Gasteiger partial charge in [-0.3, -0.25) is 18.9 Å². The van der Waals surface area contributed by atoms with E-state index in [9.17, 15) is 14.5 Å². The quantitative estimate of drug-likeness (QED) is 0.310. The van der Waals surface area contributed by atoms with Crippen molar-refractivity contribution in [3.63, 3.8) is 0 Å². The average Bonchev–Trinajstić information content (AvgIpc) is 3.00. The first-order chi connectivity index (χ1) is 11.2. The van der Waals surface area contributed by atoms with Gasteiger partial charge in [-0.15, -0.1) is 0 Å². The Morgan fingerprint density at radius 1 is 1.50 bits per heavy atom. The molecular formula is C10H15N6O7P. The standard InChI is InChI=1S/C10H15N6O7P/c11-1-3-6(23-24(19,20)21)5(17)9(22-3)16-2-13-4-7(16)14-10(12)15-8(4)18/h2-3,5-6,9,17H,1,11H2,(H2,19,20,21)(H3,12,14,15,18)/t3-,5?,6?,9-/m1/s1. The predicted octanol–water partition coefficient (Wildman–Crippen LogP) is -2.60. The van der Waals surface area contributed by atoms with E-state index in [4.69, 9.17) is 26.0 Å². The van der Waals surface area contributed by atoms with Crippen molar-refractivity contribution in [3.8, 4) is 0 Å². The first-order valence-corrected chi connectivity index (χ1v) is 8.24. The van der Waals surface area contributed by atoms with Crippen LogP contribution in [0.3, 0.4) is 0 Å². The topological polar surface area (TPSA) is 212 Å². The van der Waals surface area contributed by atoms with Crippen LogP contribution in [0.1, 0.15) is 6.23 Å². The van der Waals surface area contributed by atoms with Crippen LogP contribution in [0.15, 0.2) is 11.1 Å². The highest BCUT2D eigenvalue weighted by molar-refractivity contribution is 7.46. The number of aromatic amines is 1. The maximum Gasteiger partial charge on any atom is 0.470 e. The fourth-order valence-electron chi connectivity index (χ4n) is 2.56. The number of aromatic nitrogens is 4. The number of nitrogens with zero attached hydrogens (tertiary/aromatic N) is 3. The number of H-pyrrole nitrogens is 1. The van der Waals surface area contributed by atoms with Gasteiger partial charge < -0.3 is 31.1 Å². The van der Waals surface area contributed by atoms with Gasteiger partial charge in [0.05, 0.1) is 6.33 Å². The van der Waals surface area contributed by atoms with Crippen LogP contribution in [0, 0.1) is 0 Å². The summed E-state index contributed by atoms with van der Waals surface area (Å²) in [4.78, 5) is 39.8. The van der Waals surface area contributed by atoms with Gasteiger partial charge in [0.2, 0.25) is 5.95 Å². The third kappa shape index (κ3) is 2.93. The highest BCUT2D eigenvalue weighted by Gasteiger charge is 2.48. The average molecular weight is 362 g/mol. The Morgan fingerprint density at radius 2 is 2.21 bits per heavy atom. The molecule has 132 valence electrons. The van der Waals surface area contributed by atoms with Crippen molar-refractivity contribution in [2.24, 2.45) is 5.73 Å². The van der Waals surface area contributed by atoms with E-state index in [1.807, 2.05) is 0 Å². The Kier molecular flexibility index (Phi) is 4.17. The number of anilines is 1. The van der Waals surface area contributed by atoms with Crippen LogP contribution >= 0.6 is 7.82 Å². The molecule has 13 nitrogen and oxygen atoms in total. The number of phosphoric acid groups is 1. The lowest BCUT2D eigenvalue weighted by molar-refractivity contribution is -0.0321. The molecule has 0 saturated carbocycles. The first kappa shape index (κ1) is 17.0. The van der Waals surface area contributed by atoms with Gasteiger partial charge in [0.25, 0.3) is 5.56 Å². The van der Waals surface area contributed by atoms with Crippen LogP contribution in [0.2, 0.25) is 0 Å². The number of aliphatic hydroxyl groups is 1. The van der Waals surface area contributed by atoms with E-state index in [0.29, 0.717) is 0 Å². The Bertz CT molecular complexity index is 861. The van der Waals surface area contributed by atoms with E-state index < -0.39 is 37.9 Å². The smallest absolute Gasteiger partial charge is 0.386 e. The number of hydrogen-bond donors (Lipinski definition) is 6. The summed E-state index contributed by atoms with van der Waals surface area (Å²) in [5, 5.41) is 10.3. The minimum absolute atomic E-state index is 0.0351. The van der Waals surface area contributed by atoms with Crippen molar-refractivity contribution in [2.75, 3.05) is 12.3 Å². The molecule has 1 aliphatic heterocycles. The fraction of sp³-hybridized carbons (Fsp3) is 0.500. The molecule has 2 aromatic rings. The molecule has 1 saturated heterocycles. The summed E-state index contributed by atoms with van der Waals surface area (Å²) in [5.41, 5.74) is 10.4. The van der Waals surface area contributed by atoms with Crippen molar-refractivity contribution >= 4 is 24.9 Å². The molecule has 2 aromatic heterocycles. The molecule has 14 heteroatoms. The van der Waals surface area contributed by atoms with E-state index in [-0.39, 0.29) is 23.7 Å². The summed E-state index contributed by atoms with van der Waals surface area (Å²) >= 11 is 0. The summed E-state index contributed by atoms with van der Waals surface area (Å²) in [6.07, 6.45) is -3.85. The molecule has 3 heterocycles. The van der Waals surface area contributed by atoms with Crippen LogP contribution < -0.4 is 17.0 Å². The summed E-state index contributed by atoms with van der Waals surface area (Å²) in [6, 6.07) is 0. The molecule has 0 spiro atoms. The molecule has 0 bridgehead atoms. The maximum atomic E-state index is 11.8. The van der Waals surface area contributed by atoms with Gasteiger partial charge in [0.15, 0.2) is 17.4 Å². The second-order valence-corrected chi connectivity index (χ2v) is 6.32. The van der Waals surface area contributed by atoms with Crippen molar-refractivity contribution in [1.29, 1.82) is 0 Å². The lowest BCUT2D eigenvalue weighted by Crippen LogP contribution is -2.37. The largest absolute Gasteiger partial charge is 0.470 e. The molecule has 0 aliphatic carbocycles. The van der Waals surface area contributed by atoms with Gasteiger partial charge in [0.1, 0.15) is 18.3 Å².